The van der Waals surface area contributed by atoms with Crippen molar-refractivity contribution in [3.8, 4) is 10.4 Å². The quantitative estimate of drug-likeness (QED) is 0.367. The number of fused-ring (bicyclic) bond motifs is 1. The number of rotatable bonds is 5. The second kappa shape index (κ2) is 7.81. The molecule has 3 aromatic heterocycles. The zero-order valence-electron chi connectivity index (χ0n) is 16.0. The van der Waals surface area contributed by atoms with Gasteiger partial charge in [-0.25, -0.2) is 4.98 Å². The number of nitro benzene ring substituents is 1. The predicted octanol–water partition coefficient (Wildman–Crippen LogP) is 4.35. The lowest BCUT2D eigenvalue weighted by Crippen LogP contribution is -2.28. The van der Waals surface area contributed by atoms with E-state index in [0.29, 0.717) is 21.5 Å². The molecule has 152 valence electrons. The van der Waals surface area contributed by atoms with Gasteiger partial charge in [0.25, 0.3) is 11.2 Å². The molecule has 0 saturated heterocycles. The Bertz CT molecular complexity index is 1340. The molecule has 1 amide bonds. The van der Waals surface area contributed by atoms with Gasteiger partial charge in [-0.3, -0.25) is 24.3 Å². The van der Waals surface area contributed by atoms with Crippen molar-refractivity contribution >= 4 is 50.2 Å². The maximum atomic E-state index is 13.1. The molecule has 1 aromatic carbocycles. The van der Waals surface area contributed by atoms with Crippen LogP contribution in [-0.4, -0.2) is 20.4 Å². The number of carbonyl (C=O) groups excluding carboxylic acids is 1. The number of hydrogen-bond donors (Lipinski definition) is 1. The van der Waals surface area contributed by atoms with E-state index in [9.17, 15) is 19.7 Å². The average Bonchev–Trinajstić information content (AvgIpc) is 3.33. The maximum Gasteiger partial charge on any atom is 0.271 e. The second-order valence-corrected chi connectivity index (χ2v) is 8.82. The largest absolute Gasteiger partial charge is 0.324 e. The topological polar surface area (TPSA) is 107 Å². The zero-order valence-corrected chi connectivity index (χ0v) is 17.7. The fraction of sp³-hybridized carbons (Fsp3) is 0.150. The number of thiophene rings is 2. The Labute approximate surface area is 178 Å². The van der Waals surface area contributed by atoms with Gasteiger partial charge in [0.15, 0.2) is 0 Å². The summed E-state index contributed by atoms with van der Waals surface area (Å²) in [5.74, 6) is -0.466. The average molecular weight is 441 g/mol. The van der Waals surface area contributed by atoms with E-state index in [-0.39, 0.29) is 17.8 Å². The number of anilines is 1. The van der Waals surface area contributed by atoms with E-state index >= 15 is 0 Å². The van der Waals surface area contributed by atoms with Gasteiger partial charge in [0.05, 0.1) is 22.3 Å². The molecule has 4 aromatic rings. The van der Waals surface area contributed by atoms with E-state index in [4.69, 9.17) is 0 Å². The number of carbonyl (C=O) groups is 1. The Kier molecular flexibility index (Phi) is 5.18. The third-order valence-electron chi connectivity index (χ3n) is 4.64. The van der Waals surface area contributed by atoms with Gasteiger partial charge in [-0.15, -0.1) is 22.7 Å². The third-order valence-corrected chi connectivity index (χ3v) is 6.54. The Hall–Kier alpha value is -3.37. The van der Waals surface area contributed by atoms with Crippen LogP contribution in [0.1, 0.15) is 10.4 Å². The van der Waals surface area contributed by atoms with Gasteiger partial charge in [-0.05, 0) is 30.9 Å². The Morgan fingerprint density at radius 2 is 2.10 bits per heavy atom. The smallest absolute Gasteiger partial charge is 0.271 e. The van der Waals surface area contributed by atoms with Crippen LogP contribution in [-0.2, 0) is 11.3 Å². The molecule has 0 saturated carbocycles. The summed E-state index contributed by atoms with van der Waals surface area (Å²) >= 11 is 2.99. The van der Waals surface area contributed by atoms with Gasteiger partial charge in [0.2, 0.25) is 5.91 Å². The van der Waals surface area contributed by atoms with Crippen molar-refractivity contribution in [3.63, 3.8) is 0 Å². The summed E-state index contributed by atoms with van der Waals surface area (Å²) in [6.45, 7) is 3.44. The number of nitrogens with one attached hydrogen (secondary N) is 1. The number of benzene rings is 1. The Morgan fingerprint density at radius 3 is 2.80 bits per heavy atom. The highest BCUT2D eigenvalue weighted by molar-refractivity contribution is 7.20. The summed E-state index contributed by atoms with van der Waals surface area (Å²) in [6, 6.07) is 8.11. The van der Waals surface area contributed by atoms with Crippen molar-refractivity contribution in [2.45, 2.75) is 20.4 Å². The van der Waals surface area contributed by atoms with Gasteiger partial charge in [0.1, 0.15) is 11.4 Å². The van der Waals surface area contributed by atoms with Crippen LogP contribution in [0.2, 0.25) is 0 Å². The first kappa shape index (κ1) is 19.9. The van der Waals surface area contributed by atoms with E-state index in [1.807, 2.05) is 24.4 Å². The van der Waals surface area contributed by atoms with Crippen LogP contribution in [0.25, 0.3) is 20.7 Å². The van der Waals surface area contributed by atoms with Gasteiger partial charge in [-0.2, -0.15) is 0 Å². The number of aryl methyl sites for hydroxylation is 2. The lowest BCUT2D eigenvalue weighted by atomic mass is 10.1. The first-order chi connectivity index (χ1) is 14.3. The molecule has 8 nitrogen and oxygen atoms in total. The van der Waals surface area contributed by atoms with Gasteiger partial charge < -0.3 is 5.32 Å². The van der Waals surface area contributed by atoms with Gasteiger partial charge in [0, 0.05) is 27.5 Å². The highest BCUT2D eigenvalue weighted by atomic mass is 32.1. The first-order valence-corrected chi connectivity index (χ1v) is 10.6. The SMILES string of the molecule is Cc1ccc([N+](=O)[O-])cc1NC(=O)Cn1cnc2sc(C)c(-c3cccs3)c2c1=O. The molecule has 0 bridgehead atoms. The van der Waals surface area contributed by atoms with Crippen LogP contribution in [0.3, 0.4) is 0 Å². The molecule has 0 spiro atoms. The van der Waals surface area contributed by atoms with Crippen LogP contribution in [0.4, 0.5) is 11.4 Å². The van der Waals surface area contributed by atoms with Gasteiger partial charge in [-0.1, -0.05) is 12.1 Å². The molecule has 1 N–H and O–H groups in total. The number of nitrogens with zero attached hydrogens (tertiary/aromatic N) is 3. The Morgan fingerprint density at radius 1 is 1.30 bits per heavy atom. The summed E-state index contributed by atoms with van der Waals surface area (Å²) < 4.78 is 1.26. The first-order valence-electron chi connectivity index (χ1n) is 8.92. The van der Waals surface area contributed by atoms with E-state index < -0.39 is 10.8 Å². The molecule has 30 heavy (non-hydrogen) atoms. The van der Waals surface area contributed by atoms with E-state index in [1.165, 1.54) is 34.4 Å². The van der Waals surface area contributed by atoms with Gasteiger partial charge >= 0.3 is 0 Å². The molecule has 0 radical (unpaired) electrons. The zero-order chi connectivity index (χ0) is 21.4. The van der Waals surface area contributed by atoms with E-state index in [1.54, 1.807) is 24.3 Å². The lowest BCUT2D eigenvalue weighted by molar-refractivity contribution is -0.384. The van der Waals surface area contributed by atoms with Crippen LogP contribution < -0.4 is 10.9 Å². The minimum atomic E-state index is -0.525. The molecule has 3 heterocycles. The molecule has 0 aliphatic carbocycles. The summed E-state index contributed by atoms with van der Waals surface area (Å²) in [4.78, 5) is 43.1. The standard InChI is InChI=1S/C20H16N4O4S2/c1-11-5-6-13(24(27)28)8-14(11)22-16(25)9-23-10-21-19-18(20(23)26)17(12(2)30-19)15-4-3-7-29-15/h3-8,10H,9H2,1-2H3,(H,22,25). The van der Waals surface area contributed by atoms with Crippen molar-refractivity contribution in [2.24, 2.45) is 0 Å². The molecule has 0 aliphatic heterocycles. The number of nitro groups is 1. The minimum Gasteiger partial charge on any atom is -0.324 e. The number of aromatic nitrogens is 2. The predicted molar refractivity (Wildman–Crippen MR) is 118 cm³/mol. The summed E-state index contributed by atoms with van der Waals surface area (Å²) in [5, 5.41) is 16.1. The second-order valence-electron chi connectivity index (χ2n) is 6.67. The monoisotopic (exact) mass is 440 g/mol. The number of non-ortho nitro benzene ring substituents is 1. The van der Waals surface area contributed by atoms with Crippen molar-refractivity contribution in [3.05, 3.63) is 72.9 Å². The van der Waals surface area contributed by atoms with Crippen LogP contribution in [0, 0.1) is 24.0 Å². The van der Waals surface area contributed by atoms with Crippen LogP contribution in [0.5, 0.6) is 0 Å². The molecule has 10 heteroatoms. The molecule has 0 fully saturated rings. The summed E-state index contributed by atoms with van der Waals surface area (Å²) in [6.07, 6.45) is 1.36. The van der Waals surface area contributed by atoms with Crippen molar-refractivity contribution in [2.75, 3.05) is 5.32 Å². The molecular formula is C20H16N4O4S2. The third kappa shape index (κ3) is 3.62. The molecule has 0 unspecified atom stereocenters. The van der Waals surface area contributed by atoms with Crippen molar-refractivity contribution < 1.29 is 9.72 Å². The number of amides is 1. The van der Waals surface area contributed by atoms with Crippen molar-refractivity contribution in [1.82, 2.24) is 9.55 Å². The van der Waals surface area contributed by atoms with E-state index in [2.05, 4.69) is 10.3 Å². The van der Waals surface area contributed by atoms with Crippen LogP contribution >= 0.6 is 22.7 Å². The lowest BCUT2D eigenvalue weighted by Gasteiger charge is -2.10. The normalized spacial score (nSPS) is 11.0. The molecule has 4 rings (SSSR count). The molecular weight excluding hydrogens is 424 g/mol. The fourth-order valence-corrected chi connectivity index (χ4v) is 5.06. The summed E-state index contributed by atoms with van der Waals surface area (Å²) in [5.41, 5.74) is 1.46. The Balaban J connectivity index is 1.66. The highest BCUT2D eigenvalue weighted by Gasteiger charge is 2.19. The highest BCUT2D eigenvalue weighted by Crippen LogP contribution is 2.37. The van der Waals surface area contributed by atoms with Crippen molar-refractivity contribution in [1.29, 1.82) is 0 Å². The molecule has 0 aliphatic rings. The number of hydrogen-bond acceptors (Lipinski definition) is 7. The van der Waals surface area contributed by atoms with Crippen LogP contribution in [0.15, 0.2) is 46.8 Å². The maximum absolute atomic E-state index is 13.1. The molecule has 0 atom stereocenters. The minimum absolute atomic E-state index is 0.120. The fourth-order valence-electron chi connectivity index (χ4n) is 3.17. The van der Waals surface area contributed by atoms with E-state index in [0.717, 1.165) is 15.3 Å². The summed E-state index contributed by atoms with van der Waals surface area (Å²) in [7, 11) is 0.